The van der Waals surface area contributed by atoms with Gasteiger partial charge in [-0.25, -0.2) is 0 Å². The molecular weight excluding hydrogens is 190 g/mol. The number of hydrogen-bond donors (Lipinski definition) is 1. The van der Waals surface area contributed by atoms with Crippen LogP contribution in [0.25, 0.3) is 0 Å². The van der Waals surface area contributed by atoms with Gasteiger partial charge in [-0.15, -0.1) is 0 Å². The summed E-state index contributed by atoms with van der Waals surface area (Å²) in [7, 11) is 0. The van der Waals surface area contributed by atoms with Crippen LogP contribution in [-0.2, 0) is 9.47 Å². The van der Waals surface area contributed by atoms with Crippen LogP contribution in [0.5, 0.6) is 0 Å². The van der Waals surface area contributed by atoms with E-state index in [1.54, 1.807) is 0 Å². The maximum atomic E-state index is 6.01. The normalized spacial score (nSPS) is 27.2. The molecule has 1 fully saturated rings. The van der Waals surface area contributed by atoms with E-state index in [2.05, 4.69) is 13.8 Å². The molecule has 0 bridgehead atoms. The Bertz CT molecular complexity index is 163. The third kappa shape index (κ3) is 3.74. The molecule has 0 aromatic rings. The predicted octanol–water partition coefficient (Wildman–Crippen LogP) is 1.95. The maximum Gasteiger partial charge on any atom is 0.104 e. The molecule has 3 heteroatoms. The van der Waals surface area contributed by atoms with E-state index in [1.165, 1.54) is 12.8 Å². The quantitative estimate of drug-likeness (QED) is 0.736. The Labute approximate surface area is 93.3 Å². The van der Waals surface area contributed by atoms with Gasteiger partial charge < -0.3 is 15.2 Å². The average molecular weight is 215 g/mol. The van der Waals surface area contributed by atoms with E-state index in [9.17, 15) is 0 Å². The first-order valence-electron chi connectivity index (χ1n) is 6.18. The zero-order valence-electron chi connectivity index (χ0n) is 10.1. The molecule has 3 nitrogen and oxygen atoms in total. The fourth-order valence-electron chi connectivity index (χ4n) is 1.98. The van der Waals surface area contributed by atoms with Gasteiger partial charge in [-0.05, 0) is 18.8 Å². The first-order valence-corrected chi connectivity index (χ1v) is 6.18. The van der Waals surface area contributed by atoms with Crippen LogP contribution >= 0.6 is 0 Å². The minimum Gasteiger partial charge on any atom is -0.378 e. The van der Waals surface area contributed by atoms with Crippen molar-refractivity contribution in [1.82, 2.24) is 0 Å². The largest absolute Gasteiger partial charge is 0.378 e. The van der Waals surface area contributed by atoms with Crippen molar-refractivity contribution < 1.29 is 9.47 Å². The second-order valence-corrected chi connectivity index (χ2v) is 4.54. The van der Waals surface area contributed by atoms with Gasteiger partial charge in [-0.3, -0.25) is 0 Å². The Morgan fingerprint density at radius 1 is 1.40 bits per heavy atom. The summed E-state index contributed by atoms with van der Waals surface area (Å²) in [5.41, 5.74) is 5.61. The van der Waals surface area contributed by atoms with Crippen LogP contribution in [0.1, 0.15) is 39.5 Å². The summed E-state index contributed by atoms with van der Waals surface area (Å²) in [5, 5.41) is 0. The Kier molecular flexibility index (Phi) is 5.58. The smallest absolute Gasteiger partial charge is 0.104 e. The fraction of sp³-hybridized carbons (Fsp3) is 1.00. The van der Waals surface area contributed by atoms with Gasteiger partial charge in [-0.1, -0.05) is 26.7 Å². The highest BCUT2D eigenvalue weighted by Crippen LogP contribution is 2.24. The number of nitrogens with two attached hydrogens (primary N) is 1. The molecule has 1 rings (SSSR count). The zero-order chi connectivity index (χ0) is 11.1. The van der Waals surface area contributed by atoms with Gasteiger partial charge in [-0.2, -0.15) is 0 Å². The first kappa shape index (κ1) is 12.9. The molecule has 1 atom stereocenters. The zero-order valence-corrected chi connectivity index (χ0v) is 10.1. The number of hydrogen-bond acceptors (Lipinski definition) is 3. The molecule has 0 saturated carbocycles. The highest BCUT2D eigenvalue weighted by molar-refractivity contribution is 4.84. The summed E-state index contributed by atoms with van der Waals surface area (Å²) >= 11 is 0. The van der Waals surface area contributed by atoms with Crippen LogP contribution in [0.15, 0.2) is 0 Å². The van der Waals surface area contributed by atoms with Crippen molar-refractivity contribution in [3.8, 4) is 0 Å². The second-order valence-electron chi connectivity index (χ2n) is 4.54. The fourth-order valence-corrected chi connectivity index (χ4v) is 1.98. The number of rotatable bonds is 6. The van der Waals surface area contributed by atoms with Gasteiger partial charge in [0.1, 0.15) is 5.60 Å². The Morgan fingerprint density at radius 3 is 2.60 bits per heavy atom. The van der Waals surface area contributed by atoms with Crippen molar-refractivity contribution in [2.45, 2.75) is 45.1 Å². The number of ether oxygens (including phenoxy) is 2. The van der Waals surface area contributed by atoms with Gasteiger partial charge in [0.05, 0.1) is 13.2 Å². The highest BCUT2D eigenvalue weighted by atomic mass is 16.5. The van der Waals surface area contributed by atoms with Crippen LogP contribution in [0, 0.1) is 5.92 Å². The van der Waals surface area contributed by atoms with Crippen molar-refractivity contribution in [3.63, 3.8) is 0 Å². The van der Waals surface area contributed by atoms with E-state index < -0.39 is 0 Å². The molecule has 0 aromatic heterocycles. The van der Waals surface area contributed by atoms with E-state index in [4.69, 9.17) is 15.2 Å². The van der Waals surface area contributed by atoms with Crippen LogP contribution in [0.2, 0.25) is 0 Å². The van der Waals surface area contributed by atoms with Gasteiger partial charge in [0, 0.05) is 13.2 Å². The molecule has 0 spiro atoms. The molecule has 0 aliphatic carbocycles. The van der Waals surface area contributed by atoms with Gasteiger partial charge in [0.2, 0.25) is 0 Å². The van der Waals surface area contributed by atoms with Gasteiger partial charge in [0.15, 0.2) is 0 Å². The first-order chi connectivity index (χ1) is 7.26. The van der Waals surface area contributed by atoms with Gasteiger partial charge >= 0.3 is 0 Å². The third-order valence-corrected chi connectivity index (χ3v) is 3.44. The van der Waals surface area contributed by atoms with E-state index in [-0.39, 0.29) is 5.60 Å². The van der Waals surface area contributed by atoms with Crippen LogP contribution in [0.4, 0.5) is 0 Å². The Hall–Kier alpha value is -0.120. The lowest BCUT2D eigenvalue weighted by molar-refractivity contribution is -0.131. The molecular formula is C12H25NO2. The minimum atomic E-state index is -0.194. The molecule has 0 radical (unpaired) electrons. The highest BCUT2D eigenvalue weighted by Gasteiger charge is 2.32. The topological polar surface area (TPSA) is 44.5 Å². The Balaban J connectivity index is 2.38. The summed E-state index contributed by atoms with van der Waals surface area (Å²) in [6.07, 6.45) is 4.47. The summed E-state index contributed by atoms with van der Waals surface area (Å²) in [5.74, 6) is 0.662. The lowest BCUT2D eigenvalue weighted by Crippen LogP contribution is -2.48. The maximum absolute atomic E-state index is 6.01. The van der Waals surface area contributed by atoms with E-state index in [0.717, 1.165) is 26.1 Å². The van der Waals surface area contributed by atoms with E-state index >= 15 is 0 Å². The van der Waals surface area contributed by atoms with Crippen molar-refractivity contribution >= 4 is 0 Å². The summed E-state index contributed by atoms with van der Waals surface area (Å²) in [4.78, 5) is 0. The monoisotopic (exact) mass is 215 g/mol. The third-order valence-electron chi connectivity index (χ3n) is 3.44. The molecule has 1 aliphatic rings. The predicted molar refractivity (Wildman–Crippen MR) is 61.9 cm³/mol. The summed E-state index contributed by atoms with van der Waals surface area (Å²) in [6.45, 7) is 7.36. The molecule has 15 heavy (non-hydrogen) atoms. The second kappa shape index (κ2) is 6.46. The summed E-state index contributed by atoms with van der Waals surface area (Å²) < 4.78 is 11.5. The molecule has 1 aliphatic heterocycles. The molecule has 90 valence electrons. The standard InChI is InChI=1S/C12H25NO2/c1-3-11(4-2)8-15-12(9-13)6-5-7-14-10-12/h11H,3-10,13H2,1-2H3. The SMILES string of the molecule is CCC(CC)COC1(CN)CCCOC1. The van der Waals surface area contributed by atoms with Crippen LogP contribution in [0.3, 0.4) is 0 Å². The molecule has 1 heterocycles. The molecule has 1 saturated heterocycles. The summed E-state index contributed by atoms with van der Waals surface area (Å²) in [6, 6.07) is 0. The average Bonchev–Trinajstić information content (AvgIpc) is 2.31. The Morgan fingerprint density at radius 2 is 2.13 bits per heavy atom. The van der Waals surface area contributed by atoms with E-state index in [1.807, 2.05) is 0 Å². The molecule has 0 aromatic carbocycles. The van der Waals surface area contributed by atoms with Crippen LogP contribution in [-0.4, -0.2) is 32.0 Å². The van der Waals surface area contributed by atoms with Gasteiger partial charge in [0.25, 0.3) is 0 Å². The van der Waals surface area contributed by atoms with Crippen molar-refractivity contribution in [1.29, 1.82) is 0 Å². The van der Waals surface area contributed by atoms with Crippen molar-refractivity contribution in [3.05, 3.63) is 0 Å². The van der Waals surface area contributed by atoms with Crippen LogP contribution < -0.4 is 5.73 Å². The van der Waals surface area contributed by atoms with Crippen molar-refractivity contribution in [2.24, 2.45) is 11.7 Å². The van der Waals surface area contributed by atoms with E-state index in [0.29, 0.717) is 19.1 Å². The van der Waals surface area contributed by atoms with Crippen molar-refractivity contribution in [2.75, 3.05) is 26.4 Å². The molecule has 1 unspecified atom stereocenters. The molecule has 0 amide bonds. The molecule has 2 N–H and O–H groups in total. The minimum absolute atomic E-state index is 0.194. The lowest BCUT2D eigenvalue weighted by Gasteiger charge is -2.36. The lowest BCUT2D eigenvalue weighted by atomic mass is 9.96.